The fourth-order valence-corrected chi connectivity index (χ4v) is 3.89. The minimum Gasteiger partial charge on any atom is -0.355 e. The van der Waals surface area contributed by atoms with Gasteiger partial charge in [-0.3, -0.25) is 14.3 Å². The fourth-order valence-electron chi connectivity index (χ4n) is 3.89. The van der Waals surface area contributed by atoms with E-state index < -0.39 is 0 Å². The van der Waals surface area contributed by atoms with Crippen LogP contribution in [0.2, 0.25) is 0 Å². The molecule has 7 heteroatoms. The number of carbonyl (C=O) groups is 2. The van der Waals surface area contributed by atoms with E-state index in [1.165, 1.54) is 0 Å². The van der Waals surface area contributed by atoms with Crippen molar-refractivity contribution in [2.45, 2.75) is 45.7 Å². The molecule has 1 aliphatic carbocycles. The highest BCUT2D eigenvalue weighted by Crippen LogP contribution is 2.42. The molecular weight excluding hydrogens is 342 g/mol. The first-order valence-electron chi connectivity index (χ1n) is 9.31. The first-order valence-corrected chi connectivity index (χ1v) is 9.31. The van der Waals surface area contributed by atoms with Crippen LogP contribution in [0.4, 0.5) is 17.1 Å². The van der Waals surface area contributed by atoms with Crippen molar-refractivity contribution >= 4 is 28.9 Å². The SMILES string of the molecule is Cc1nn(C)c(C)c1NC(=O)c1ccc2c(c1)N(C1CC1)C(C)C(=O)N2C. The molecule has 0 spiro atoms. The summed E-state index contributed by atoms with van der Waals surface area (Å²) < 4.78 is 1.76. The molecule has 27 heavy (non-hydrogen) atoms. The largest absolute Gasteiger partial charge is 0.355 e. The van der Waals surface area contributed by atoms with E-state index in [1.54, 1.807) is 22.7 Å². The van der Waals surface area contributed by atoms with Gasteiger partial charge in [0.1, 0.15) is 6.04 Å². The van der Waals surface area contributed by atoms with Crippen LogP contribution in [0.25, 0.3) is 0 Å². The second-order valence-corrected chi connectivity index (χ2v) is 7.54. The van der Waals surface area contributed by atoms with Gasteiger partial charge in [0, 0.05) is 25.7 Å². The number of likely N-dealkylation sites (N-methyl/N-ethyl adjacent to an activating group) is 1. The standard InChI is InChI=1S/C20H25N5O2/c1-11-18(12(2)24(5)22-11)21-19(26)14-6-9-16-17(10-14)25(15-7-8-15)13(3)20(27)23(16)4/h6,9-10,13,15H,7-8H2,1-5H3,(H,21,26). The van der Waals surface area contributed by atoms with Crippen molar-refractivity contribution in [2.75, 3.05) is 22.2 Å². The van der Waals surface area contributed by atoms with Crippen LogP contribution in [0, 0.1) is 13.8 Å². The molecule has 7 nitrogen and oxygen atoms in total. The van der Waals surface area contributed by atoms with Crippen molar-refractivity contribution in [3.05, 3.63) is 35.2 Å². The molecule has 0 bridgehead atoms. The van der Waals surface area contributed by atoms with Gasteiger partial charge in [0.2, 0.25) is 5.91 Å². The number of rotatable bonds is 3. The molecule has 0 saturated heterocycles. The number of amides is 2. The van der Waals surface area contributed by atoms with Crippen LogP contribution in [0.5, 0.6) is 0 Å². The zero-order chi connectivity index (χ0) is 19.5. The molecule has 2 aromatic rings. The molecule has 1 atom stereocenters. The molecule has 1 fully saturated rings. The molecular formula is C20H25N5O2. The molecule has 4 rings (SSSR count). The van der Waals surface area contributed by atoms with Gasteiger partial charge in [-0.2, -0.15) is 5.10 Å². The Bertz CT molecular complexity index is 944. The first-order chi connectivity index (χ1) is 12.8. The summed E-state index contributed by atoms with van der Waals surface area (Å²) in [6.45, 7) is 5.75. The molecule has 2 amide bonds. The Balaban J connectivity index is 1.69. The van der Waals surface area contributed by atoms with Crippen molar-refractivity contribution in [2.24, 2.45) is 7.05 Å². The highest BCUT2D eigenvalue weighted by Gasteiger charge is 2.41. The highest BCUT2D eigenvalue weighted by molar-refractivity contribution is 6.09. The van der Waals surface area contributed by atoms with E-state index in [2.05, 4.69) is 15.3 Å². The molecule has 1 saturated carbocycles. The summed E-state index contributed by atoms with van der Waals surface area (Å²) in [7, 11) is 3.66. The number of benzene rings is 1. The topological polar surface area (TPSA) is 70.5 Å². The highest BCUT2D eigenvalue weighted by atomic mass is 16.2. The minimum atomic E-state index is -0.212. The third kappa shape index (κ3) is 2.78. The van der Waals surface area contributed by atoms with Crippen molar-refractivity contribution in [1.82, 2.24) is 9.78 Å². The van der Waals surface area contributed by atoms with Crippen molar-refractivity contribution < 1.29 is 9.59 Å². The Morgan fingerprint density at radius 1 is 1.19 bits per heavy atom. The maximum absolute atomic E-state index is 12.9. The number of fused-ring (bicyclic) bond motifs is 1. The average Bonchev–Trinajstić information content (AvgIpc) is 3.44. The molecule has 1 aromatic carbocycles. The van der Waals surface area contributed by atoms with Crippen molar-refractivity contribution in [3.63, 3.8) is 0 Å². The van der Waals surface area contributed by atoms with E-state index in [-0.39, 0.29) is 17.9 Å². The van der Waals surface area contributed by atoms with Crippen LogP contribution in [-0.2, 0) is 11.8 Å². The number of hydrogen-bond donors (Lipinski definition) is 1. The second-order valence-electron chi connectivity index (χ2n) is 7.54. The van der Waals surface area contributed by atoms with Crippen molar-refractivity contribution in [1.29, 1.82) is 0 Å². The van der Waals surface area contributed by atoms with E-state index in [1.807, 2.05) is 40.0 Å². The molecule has 2 heterocycles. The summed E-state index contributed by atoms with van der Waals surface area (Å²) in [6.07, 6.45) is 2.18. The van der Waals surface area contributed by atoms with E-state index in [0.29, 0.717) is 11.6 Å². The zero-order valence-electron chi connectivity index (χ0n) is 16.4. The van der Waals surface area contributed by atoms with E-state index in [9.17, 15) is 9.59 Å². The Hall–Kier alpha value is -2.83. The van der Waals surface area contributed by atoms with Crippen LogP contribution in [-0.4, -0.2) is 40.7 Å². The lowest BCUT2D eigenvalue weighted by Crippen LogP contribution is -2.51. The predicted octanol–water partition coefficient (Wildman–Crippen LogP) is 2.62. The van der Waals surface area contributed by atoms with E-state index >= 15 is 0 Å². The third-order valence-electron chi connectivity index (χ3n) is 5.67. The van der Waals surface area contributed by atoms with Gasteiger partial charge < -0.3 is 15.1 Å². The van der Waals surface area contributed by atoms with Crippen LogP contribution >= 0.6 is 0 Å². The normalized spacial score (nSPS) is 19.3. The van der Waals surface area contributed by atoms with Crippen molar-refractivity contribution in [3.8, 4) is 0 Å². The van der Waals surface area contributed by atoms with E-state index in [4.69, 9.17) is 0 Å². The van der Waals surface area contributed by atoms with Gasteiger partial charge in [-0.05, 0) is 51.8 Å². The second kappa shape index (κ2) is 6.11. The minimum absolute atomic E-state index is 0.0909. The Morgan fingerprint density at radius 2 is 1.89 bits per heavy atom. The Morgan fingerprint density at radius 3 is 2.48 bits per heavy atom. The number of aryl methyl sites for hydroxylation is 2. The van der Waals surface area contributed by atoms with Gasteiger partial charge in [0.25, 0.3) is 5.91 Å². The van der Waals surface area contributed by atoms with Gasteiger partial charge in [-0.25, -0.2) is 0 Å². The lowest BCUT2D eigenvalue weighted by Gasteiger charge is -2.40. The molecule has 142 valence electrons. The summed E-state index contributed by atoms with van der Waals surface area (Å²) in [6, 6.07) is 5.73. The number of nitrogens with zero attached hydrogens (tertiary/aromatic N) is 4. The first kappa shape index (κ1) is 17.6. The Labute approximate surface area is 158 Å². The summed E-state index contributed by atoms with van der Waals surface area (Å²) in [5.74, 6) is -0.0758. The summed E-state index contributed by atoms with van der Waals surface area (Å²) in [5.41, 5.74) is 4.85. The lowest BCUT2D eigenvalue weighted by molar-refractivity contribution is -0.119. The number of carbonyl (C=O) groups excluding carboxylic acids is 2. The summed E-state index contributed by atoms with van der Waals surface area (Å²) in [4.78, 5) is 29.3. The fraction of sp³-hybridized carbons (Fsp3) is 0.450. The predicted molar refractivity (Wildman–Crippen MR) is 105 cm³/mol. The monoisotopic (exact) mass is 367 g/mol. The number of anilines is 3. The van der Waals surface area contributed by atoms with Crippen LogP contribution in [0.3, 0.4) is 0 Å². The lowest BCUT2D eigenvalue weighted by atomic mass is 10.0. The van der Waals surface area contributed by atoms with Gasteiger partial charge in [-0.1, -0.05) is 0 Å². The summed E-state index contributed by atoms with van der Waals surface area (Å²) in [5, 5.41) is 7.34. The number of nitrogens with one attached hydrogen (secondary N) is 1. The van der Waals surface area contributed by atoms with Crippen LogP contribution in [0.1, 0.15) is 41.5 Å². The maximum Gasteiger partial charge on any atom is 0.255 e. The molecule has 1 aromatic heterocycles. The van der Waals surface area contributed by atoms with Gasteiger partial charge in [0.15, 0.2) is 0 Å². The maximum atomic E-state index is 12.9. The zero-order valence-corrected chi connectivity index (χ0v) is 16.4. The quantitative estimate of drug-likeness (QED) is 0.905. The molecule has 1 aliphatic heterocycles. The van der Waals surface area contributed by atoms with Gasteiger partial charge in [-0.15, -0.1) is 0 Å². The Kier molecular flexibility index (Phi) is 3.98. The van der Waals surface area contributed by atoms with Gasteiger partial charge >= 0.3 is 0 Å². The number of aromatic nitrogens is 2. The summed E-state index contributed by atoms with van der Waals surface area (Å²) >= 11 is 0. The van der Waals surface area contributed by atoms with Crippen LogP contribution < -0.4 is 15.1 Å². The smallest absolute Gasteiger partial charge is 0.255 e. The van der Waals surface area contributed by atoms with Crippen LogP contribution in [0.15, 0.2) is 18.2 Å². The molecule has 0 radical (unpaired) electrons. The number of hydrogen-bond acceptors (Lipinski definition) is 4. The molecule has 1 N–H and O–H groups in total. The molecule has 2 aliphatic rings. The van der Waals surface area contributed by atoms with Gasteiger partial charge in [0.05, 0.1) is 28.5 Å². The third-order valence-corrected chi connectivity index (χ3v) is 5.67. The van der Waals surface area contributed by atoms with E-state index in [0.717, 1.165) is 41.3 Å². The molecule has 1 unspecified atom stereocenters. The average molecular weight is 367 g/mol.